The monoisotopic (exact) mass is 373 g/mol. The zero-order chi connectivity index (χ0) is 19.7. The molecule has 28 heavy (non-hydrogen) atoms. The van der Waals surface area contributed by atoms with Gasteiger partial charge in [0.05, 0.1) is 17.0 Å². The maximum atomic E-state index is 13.3. The fourth-order valence-electron chi connectivity index (χ4n) is 3.05. The predicted molar refractivity (Wildman–Crippen MR) is 104 cm³/mol. The summed E-state index contributed by atoms with van der Waals surface area (Å²) < 4.78 is 15.0. The van der Waals surface area contributed by atoms with Crippen molar-refractivity contribution in [2.45, 2.75) is 0 Å². The molecule has 2 aromatic heterocycles. The third kappa shape index (κ3) is 3.27. The summed E-state index contributed by atoms with van der Waals surface area (Å²) in [5, 5.41) is 14.6. The fraction of sp³-hybridized carbons (Fsp3) is 0.0455. The number of benzene rings is 2. The van der Waals surface area contributed by atoms with E-state index in [1.807, 2.05) is 25.4 Å². The maximum absolute atomic E-state index is 13.3. The molecule has 0 spiro atoms. The maximum Gasteiger partial charge on any atom is 0.153 e. The fourth-order valence-corrected chi connectivity index (χ4v) is 3.05. The van der Waals surface area contributed by atoms with Gasteiger partial charge in [-0.15, -0.1) is 0 Å². The van der Waals surface area contributed by atoms with Gasteiger partial charge >= 0.3 is 0 Å². The number of pyridine rings is 1. The van der Waals surface area contributed by atoms with E-state index in [9.17, 15) is 14.3 Å². The summed E-state index contributed by atoms with van der Waals surface area (Å²) in [6.45, 7) is 0. The Labute approximate surface area is 160 Å². The molecule has 2 heterocycles. The van der Waals surface area contributed by atoms with Gasteiger partial charge < -0.3 is 5.11 Å². The Bertz CT molecular complexity index is 1170. The van der Waals surface area contributed by atoms with Crippen LogP contribution in [0.1, 0.15) is 10.4 Å². The number of phenolic OH excluding ortho intramolecular Hbond substituents is 1. The molecule has 4 rings (SSSR count). The van der Waals surface area contributed by atoms with Crippen molar-refractivity contribution in [3.05, 3.63) is 78.4 Å². The van der Waals surface area contributed by atoms with Gasteiger partial charge in [0.25, 0.3) is 0 Å². The lowest BCUT2D eigenvalue weighted by Crippen LogP contribution is -1.94. The summed E-state index contributed by atoms with van der Waals surface area (Å²) >= 11 is 0. The van der Waals surface area contributed by atoms with Crippen LogP contribution in [0.2, 0.25) is 0 Å². The average Bonchev–Trinajstić information content (AvgIpc) is 3.14. The van der Waals surface area contributed by atoms with Crippen LogP contribution in [0.15, 0.2) is 67.0 Å². The van der Waals surface area contributed by atoms with Crippen LogP contribution in [-0.2, 0) is 7.05 Å². The highest BCUT2D eigenvalue weighted by Crippen LogP contribution is 2.35. The Balaban J connectivity index is 1.89. The van der Waals surface area contributed by atoms with Gasteiger partial charge in [-0.3, -0.25) is 14.5 Å². The molecule has 0 atom stereocenters. The number of aromatic hydroxyl groups is 1. The van der Waals surface area contributed by atoms with Crippen LogP contribution in [-0.4, -0.2) is 26.2 Å². The number of nitrogens with zero attached hydrogens (tertiary/aromatic N) is 3. The zero-order valence-corrected chi connectivity index (χ0v) is 15.0. The number of aryl methyl sites for hydroxylation is 1. The van der Waals surface area contributed by atoms with Crippen molar-refractivity contribution in [1.29, 1.82) is 0 Å². The van der Waals surface area contributed by atoms with Gasteiger partial charge in [-0.25, -0.2) is 4.39 Å². The highest BCUT2D eigenvalue weighted by Gasteiger charge is 2.14. The van der Waals surface area contributed by atoms with E-state index in [0.29, 0.717) is 17.5 Å². The first-order chi connectivity index (χ1) is 13.5. The van der Waals surface area contributed by atoms with E-state index >= 15 is 0 Å². The number of hydrogen-bond donors (Lipinski definition) is 1. The summed E-state index contributed by atoms with van der Waals surface area (Å²) in [5.74, 6) is -0.404. The van der Waals surface area contributed by atoms with Gasteiger partial charge in [0, 0.05) is 36.1 Å². The quantitative estimate of drug-likeness (QED) is 0.536. The van der Waals surface area contributed by atoms with Crippen molar-refractivity contribution in [2.75, 3.05) is 0 Å². The molecule has 1 N–H and O–H groups in total. The molecule has 0 saturated carbocycles. The Hall–Kier alpha value is -3.80. The Morgan fingerprint density at radius 2 is 1.71 bits per heavy atom. The Morgan fingerprint density at radius 1 is 0.964 bits per heavy atom. The van der Waals surface area contributed by atoms with Crippen LogP contribution in [0.5, 0.6) is 5.75 Å². The first-order valence-electron chi connectivity index (χ1n) is 8.60. The number of halogens is 1. The second kappa shape index (κ2) is 7.08. The normalized spacial score (nSPS) is 10.8. The standard InChI is InChI=1S/C22H16FN3O2/c1-26-9-8-20(25-26)18-11-21(14-4-6-17(23)7-5-14)24-12-19(18)15-2-3-16(13-27)22(28)10-15/h2-13,28H,1H3. The Morgan fingerprint density at radius 3 is 2.36 bits per heavy atom. The molecule has 2 aromatic carbocycles. The van der Waals surface area contributed by atoms with Crippen molar-refractivity contribution in [2.24, 2.45) is 7.05 Å². The largest absolute Gasteiger partial charge is 0.507 e. The lowest BCUT2D eigenvalue weighted by atomic mass is 9.96. The molecule has 0 bridgehead atoms. The summed E-state index contributed by atoms with van der Waals surface area (Å²) in [4.78, 5) is 15.5. The summed E-state index contributed by atoms with van der Waals surface area (Å²) in [5.41, 5.74) is 4.70. The number of carbonyl (C=O) groups excluding carboxylic acids is 1. The summed E-state index contributed by atoms with van der Waals surface area (Å²) in [7, 11) is 1.83. The molecule has 138 valence electrons. The predicted octanol–water partition coefficient (Wildman–Crippen LogP) is 4.47. The average molecular weight is 373 g/mol. The second-order valence-electron chi connectivity index (χ2n) is 6.39. The number of rotatable bonds is 4. The van der Waals surface area contributed by atoms with Crippen LogP contribution in [0.4, 0.5) is 4.39 Å². The number of aromatic nitrogens is 3. The smallest absolute Gasteiger partial charge is 0.153 e. The molecule has 5 nitrogen and oxygen atoms in total. The first kappa shape index (κ1) is 17.6. The topological polar surface area (TPSA) is 68.0 Å². The molecular formula is C22H16FN3O2. The van der Waals surface area contributed by atoms with Crippen LogP contribution < -0.4 is 0 Å². The van der Waals surface area contributed by atoms with Crippen LogP contribution in [0.3, 0.4) is 0 Å². The van der Waals surface area contributed by atoms with E-state index in [0.717, 1.165) is 22.4 Å². The van der Waals surface area contributed by atoms with Gasteiger partial charge in [-0.05, 0) is 54.1 Å². The number of phenols is 1. The number of hydrogen-bond acceptors (Lipinski definition) is 4. The molecule has 0 fully saturated rings. The van der Waals surface area contributed by atoms with Crippen LogP contribution in [0.25, 0.3) is 33.6 Å². The molecule has 0 unspecified atom stereocenters. The number of aldehydes is 1. The minimum atomic E-state index is -0.309. The second-order valence-corrected chi connectivity index (χ2v) is 6.39. The molecule has 4 aromatic rings. The highest BCUT2D eigenvalue weighted by molar-refractivity contribution is 5.87. The summed E-state index contributed by atoms with van der Waals surface area (Å²) in [6, 6.07) is 14.7. The van der Waals surface area contributed by atoms with Crippen molar-refractivity contribution >= 4 is 6.29 Å². The van der Waals surface area contributed by atoms with Crippen molar-refractivity contribution < 1.29 is 14.3 Å². The van der Waals surface area contributed by atoms with E-state index in [2.05, 4.69) is 10.1 Å². The lowest BCUT2D eigenvalue weighted by molar-refractivity contribution is 0.112. The molecule has 6 heteroatoms. The molecule has 0 radical (unpaired) electrons. The van der Waals surface area contributed by atoms with Gasteiger partial charge in [0.2, 0.25) is 0 Å². The van der Waals surface area contributed by atoms with Crippen LogP contribution >= 0.6 is 0 Å². The zero-order valence-electron chi connectivity index (χ0n) is 15.0. The highest BCUT2D eigenvalue weighted by atomic mass is 19.1. The van der Waals surface area contributed by atoms with Gasteiger partial charge in [-0.2, -0.15) is 5.10 Å². The minimum absolute atomic E-state index is 0.0953. The third-order valence-electron chi connectivity index (χ3n) is 4.50. The van der Waals surface area contributed by atoms with Crippen LogP contribution in [0, 0.1) is 5.82 Å². The third-order valence-corrected chi connectivity index (χ3v) is 4.50. The van der Waals surface area contributed by atoms with Crippen molar-refractivity contribution in [1.82, 2.24) is 14.8 Å². The van der Waals surface area contributed by atoms with E-state index in [4.69, 9.17) is 0 Å². The minimum Gasteiger partial charge on any atom is -0.507 e. The Kier molecular flexibility index (Phi) is 4.45. The van der Waals surface area contributed by atoms with E-state index in [1.165, 1.54) is 18.2 Å². The van der Waals surface area contributed by atoms with E-state index in [1.54, 1.807) is 35.1 Å². The molecule has 0 aliphatic carbocycles. The first-order valence-corrected chi connectivity index (χ1v) is 8.60. The number of carbonyl (C=O) groups is 1. The van der Waals surface area contributed by atoms with Gasteiger partial charge in [-0.1, -0.05) is 6.07 Å². The SMILES string of the molecule is Cn1ccc(-c2cc(-c3ccc(F)cc3)ncc2-c2ccc(C=O)c(O)c2)n1. The lowest BCUT2D eigenvalue weighted by Gasteiger charge is -2.11. The van der Waals surface area contributed by atoms with Gasteiger partial charge in [0.1, 0.15) is 11.6 Å². The summed E-state index contributed by atoms with van der Waals surface area (Å²) in [6.07, 6.45) is 4.14. The molecule has 0 amide bonds. The molecule has 0 saturated heterocycles. The molecule has 0 aliphatic rings. The molecule has 0 aliphatic heterocycles. The molecular weight excluding hydrogens is 357 g/mol. The van der Waals surface area contributed by atoms with E-state index < -0.39 is 0 Å². The van der Waals surface area contributed by atoms with Gasteiger partial charge in [0.15, 0.2) is 6.29 Å². The van der Waals surface area contributed by atoms with Crippen molar-refractivity contribution in [3.8, 4) is 39.4 Å². The van der Waals surface area contributed by atoms with Crippen molar-refractivity contribution in [3.63, 3.8) is 0 Å². The van der Waals surface area contributed by atoms with E-state index in [-0.39, 0.29) is 17.1 Å².